The van der Waals surface area contributed by atoms with Crippen molar-refractivity contribution in [3.05, 3.63) is 71.6 Å². The third-order valence-electron chi connectivity index (χ3n) is 4.27. The van der Waals surface area contributed by atoms with Gasteiger partial charge in [-0.15, -0.1) is 6.58 Å². The molecule has 5 heteroatoms. The average Bonchev–Trinajstić information content (AvgIpc) is 2.65. The molecular formula is C22H27N3O2. The van der Waals surface area contributed by atoms with Gasteiger partial charge in [-0.1, -0.05) is 52.0 Å². The lowest BCUT2D eigenvalue weighted by Gasteiger charge is -2.20. The molecule has 2 amide bonds. The number of pyridine rings is 1. The van der Waals surface area contributed by atoms with E-state index in [-0.39, 0.29) is 29.3 Å². The van der Waals surface area contributed by atoms with Gasteiger partial charge in [-0.3, -0.25) is 14.6 Å². The second-order valence-electron chi connectivity index (χ2n) is 7.00. The van der Waals surface area contributed by atoms with E-state index in [0.29, 0.717) is 12.1 Å². The number of nitrogens with zero attached hydrogens (tertiary/aromatic N) is 1. The molecule has 0 atom stereocenters. The maximum Gasteiger partial charge on any atom is 0.274 e. The van der Waals surface area contributed by atoms with E-state index in [0.717, 1.165) is 16.8 Å². The number of aromatic nitrogens is 1. The van der Waals surface area contributed by atoms with Crippen molar-refractivity contribution in [3.63, 3.8) is 0 Å². The van der Waals surface area contributed by atoms with Crippen molar-refractivity contribution in [3.8, 4) is 0 Å². The van der Waals surface area contributed by atoms with E-state index in [2.05, 4.69) is 49.9 Å². The predicted molar refractivity (Wildman–Crippen MR) is 109 cm³/mol. The van der Waals surface area contributed by atoms with Crippen molar-refractivity contribution < 1.29 is 9.59 Å². The fourth-order valence-electron chi connectivity index (χ4n) is 2.84. The number of benzene rings is 1. The van der Waals surface area contributed by atoms with E-state index >= 15 is 0 Å². The fraction of sp³-hybridized carbons (Fsp3) is 0.318. The van der Waals surface area contributed by atoms with Crippen LogP contribution in [0.1, 0.15) is 71.5 Å². The molecule has 0 spiro atoms. The highest BCUT2D eigenvalue weighted by Gasteiger charge is 2.18. The van der Waals surface area contributed by atoms with Crippen LogP contribution < -0.4 is 10.6 Å². The monoisotopic (exact) mass is 365 g/mol. The van der Waals surface area contributed by atoms with Crippen LogP contribution in [0.25, 0.3) is 0 Å². The Morgan fingerprint density at radius 1 is 1.07 bits per heavy atom. The van der Waals surface area contributed by atoms with Gasteiger partial charge in [-0.05, 0) is 35.1 Å². The van der Waals surface area contributed by atoms with Crippen LogP contribution in [0.3, 0.4) is 0 Å². The van der Waals surface area contributed by atoms with Gasteiger partial charge in [0.2, 0.25) is 0 Å². The molecule has 2 N–H and O–H groups in total. The van der Waals surface area contributed by atoms with Crippen LogP contribution in [-0.2, 0) is 0 Å². The molecule has 142 valence electrons. The second-order valence-corrected chi connectivity index (χ2v) is 7.00. The minimum Gasteiger partial charge on any atom is -0.349 e. The van der Waals surface area contributed by atoms with Gasteiger partial charge in [0.05, 0.1) is 0 Å². The number of carbonyl (C=O) groups is 2. The highest BCUT2D eigenvalue weighted by molar-refractivity contribution is 6.05. The first kappa shape index (κ1) is 20.4. The van der Waals surface area contributed by atoms with Crippen molar-refractivity contribution in [2.45, 2.75) is 39.5 Å². The molecule has 5 nitrogen and oxygen atoms in total. The topological polar surface area (TPSA) is 71.1 Å². The molecule has 1 aromatic carbocycles. The lowest BCUT2D eigenvalue weighted by molar-refractivity contribution is 0.0958. The minimum atomic E-state index is -0.330. The largest absolute Gasteiger partial charge is 0.349 e. The third kappa shape index (κ3) is 5.03. The number of rotatable bonds is 7. The lowest BCUT2D eigenvalue weighted by Crippen LogP contribution is -2.24. The molecule has 0 saturated heterocycles. The van der Waals surface area contributed by atoms with Crippen molar-refractivity contribution in [1.29, 1.82) is 0 Å². The van der Waals surface area contributed by atoms with E-state index in [9.17, 15) is 9.59 Å². The molecule has 1 aromatic heterocycles. The maximum absolute atomic E-state index is 12.8. The normalized spacial score (nSPS) is 10.7. The zero-order chi connectivity index (χ0) is 20.0. The smallest absolute Gasteiger partial charge is 0.274 e. The Labute approximate surface area is 160 Å². The zero-order valence-electron chi connectivity index (χ0n) is 16.4. The Kier molecular flexibility index (Phi) is 6.88. The van der Waals surface area contributed by atoms with Crippen LogP contribution in [-0.4, -0.2) is 23.3 Å². The van der Waals surface area contributed by atoms with Gasteiger partial charge in [-0.2, -0.15) is 0 Å². The molecule has 27 heavy (non-hydrogen) atoms. The summed E-state index contributed by atoms with van der Waals surface area (Å²) in [6.45, 7) is 12.3. The molecule has 0 radical (unpaired) electrons. The van der Waals surface area contributed by atoms with Crippen molar-refractivity contribution in [1.82, 2.24) is 10.3 Å². The quantitative estimate of drug-likeness (QED) is 0.710. The predicted octanol–water partition coefficient (Wildman–Crippen LogP) is 4.50. The van der Waals surface area contributed by atoms with E-state index in [1.54, 1.807) is 12.1 Å². The van der Waals surface area contributed by atoms with Crippen molar-refractivity contribution >= 4 is 17.5 Å². The standard InChI is InChI=1S/C22H27N3O2/c1-6-11-24-21(26)16-10-12-23-19(13-16)22(27)25-20-17(14(2)3)8-7-9-18(20)15(4)5/h6-10,12-15H,1,11H2,2-5H3,(H,24,26)(H,25,27). The molecule has 0 saturated carbocycles. The van der Waals surface area contributed by atoms with Crippen LogP contribution in [0.4, 0.5) is 5.69 Å². The number of para-hydroxylation sites is 1. The molecule has 2 aromatic rings. The summed E-state index contributed by atoms with van der Waals surface area (Å²) in [6, 6.07) is 9.15. The van der Waals surface area contributed by atoms with E-state index < -0.39 is 0 Å². The molecule has 0 aliphatic heterocycles. The number of anilines is 1. The van der Waals surface area contributed by atoms with E-state index in [1.165, 1.54) is 12.3 Å². The number of hydrogen-bond donors (Lipinski definition) is 2. The first-order valence-corrected chi connectivity index (χ1v) is 9.14. The van der Waals surface area contributed by atoms with Crippen LogP contribution in [0, 0.1) is 0 Å². The van der Waals surface area contributed by atoms with Gasteiger partial charge in [0.25, 0.3) is 11.8 Å². The Balaban J connectivity index is 2.33. The van der Waals surface area contributed by atoms with Gasteiger partial charge in [0.15, 0.2) is 0 Å². The SMILES string of the molecule is C=CCNC(=O)c1ccnc(C(=O)Nc2c(C(C)C)cccc2C(C)C)c1. The van der Waals surface area contributed by atoms with Crippen LogP contribution in [0.5, 0.6) is 0 Å². The number of amides is 2. The van der Waals surface area contributed by atoms with Gasteiger partial charge in [0.1, 0.15) is 5.69 Å². The summed E-state index contributed by atoms with van der Waals surface area (Å²) in [6.07, 6.45) is 3.07. The van der Waals surface area contributed by atoms with Gasteiger partial charge >= 0.3 is 0 Å². The third-order valence-corrected chi connectivity index (χ3v) is 4.27. The van der Waals surface area contributed by atoms with E-state index in [1.807, 2.05) is 18.2 Å². The summed E-state index contributed by atoms with van der Waals surface area (Å²) < 4.78 is 0. The van der Waals surface area contributed by atoms with Crippen LogP contribution >= 0.6 is 0 Å². The highest BCUT2D eigenvalue weighted by atomic mass is 16.2. The summed E-state index contributed by atoms with van der Waals surface area (Å²) in [5.41, 5.74) is 3.58. The molecular weight excluding hydrogens is 338 g/mol. The molecule has 1 heterocycles. The molecule has 0 unspecified atom stereocenters. The first-order chi connectivity index (χ1) is 12.8. The number of nitrogens with one attached hydrogen (secondary N) is 2. The van der Waals surface area contributed by atoms with Crippen LogP contribution in [0.15, 0.2) is 49.2 Å². The van der Waals surface area contributed by atoms with E-state index in [4.69, 9.17) is 0 Å². The second kappa shape index (κ2) is 9.12. The maximum atomic E-state index is 12.8. The van der Waals surface area contributed by atoms with Crippen LogP contribution in [0.2, 0.25) is 0 Å². The van der Waals surface area contributed by atoms with Gasteiger partial charge in [-0.25, -0.2) is 0 Å². The molecule has 0 fully saturated rings. The van der Waals surface area contributed by atoms with Crippen molar-refractivity contribution in [2.75, 3.05) is 11.9 Å². The summed E-state index contributed by atoms with van der Waals surface area (Å²) in [5, 5.41) is 5.71. The minimum absolute atomic E-state index is 0.203. The Morgan fingerprint density at radius 3 is 2.26 bits per heavy atom. The molecule has 0 aliphatic carbocycles. The van der Waals surface area contributed by atoms with Gasteiger partial charge in [0, 0.05) is 24.0 Å². The average molecular weight is 365 g/mol. The molecule has 0 aliphatic rings. The van der Waals surface area contributed by atoms with Crippen molar-refractivity contribution in [2.24, 2.45) is 0 Å². The molecule has 0 bridgehead atoms. The Morgan fingerprint density at radius 2 is 1.70 bits per heavy atom. The summed E-state index contributed by atoms with van der Waals surface area (Å²) in [7, 11) is 0. The zero-order valence-corrected chi connectivity index (χ0v) is 16.4. The fourth-order valence-corrected chi connectivity index (χ4v) is 2.84. The number of hydrogen-bond acceptors (Lipinski definition) is 3. The lowest BCUT2D eigenvalue weighted by atomic mass is 9.92. The van der Waals surface area contributed by atoms with Gasteiger partial charge < -0.3 is 10.6 Å². The first-order valence-electron chi connectivity index (χ1n) is 9.14. The highest BCUT2D eigenvalue weighted by Crippen LogP contribution is 2.32. The number of carbonyl (C=O) groups excluding carboxylic acids is 2. The Bertz CT molecular complexity index is 815. The summed E-state index contributed by atoms with van der Waals surface area (Å²) in [5.74, 6) is -0.0638. The molecule has 2 rings (SSSR count). The Hall–Kier alpha value is -2.95. The summed E-state index contributed by atoms with van der Waals surface area (Å²) in [4.78, 5) is 29.1. The summed E-state index contributed by atoms with van der Waals surface area (Å²) >= 11 is 0.